The third kappa shape index (κ3) is 4.24. The second-order valence-corrected chi connectivity index (χ2v) is 3.48. The fourth-order valence-corrected chi connectivity index (χ4v) is 1.24. The minimum Gasteiger partial charge on any atom is -0.388 e. The summed E-state index contributed by atoms with van der Waals surface area (Å²) in [6, 6.07) is 1.66. The zero-order valence-corrected chi connectivity index (χ0v) is 8.87. The number of hydrogen-bond acceptors (Lipinski definition) is 2. The van der Waals surface area contributed by atoms with E-state index in [1.807, 2.05) is 6.92 Å². The largest absolute Gasteiger partial charge is 0.411 e. The number of aromatic nitrogens is 1. The van der Waals surface area contributed by atoms with Crippen molar-refractivity contribution in [3.8, 4) is 0 Å². The monoisotopic (exact) mass is 237 g/mol. The highest BCUT2D eigenvalue weighted by atomic mass is 19.4. The van der Waals surface area contributed by atoms with E-state index >= 15 is 0 Å². The summed E-state index contributed by atoms with van der Waals surface area (Å²) in [5.41, 5.74) is 0.679. The molecule has 0 aromatic carbocycles. The highest BCUT2D eigenvalue weighted by molar-refractivity contribution is 5.12. The van der Waals surface area contributed by atoms with Gasteiger partial charge in [0.15, 0.2) is 0 Å². The summed E-state index contributed by atoms with van der Waals surface area (Å²) in [6.07, 6.45) is -1.18. The molecule has 92 valence electrons. The first-order chi connectivity index (χ1) is 7.42. The van der Waals surface area contributed by atoms with Crippen LogP contribution in [0.2, 0.25) is 0 Å². The summed E-state index contributed by atoms with van der Waals surface area (Å²) < 4.78 is 41.2. The van der Waals surface area contributed by atoms with Gasteiger partial charge in [0.2, 0.25) is 0 Å². The van der Waals surface area contributed by atoms with Crippen LogP contribution in [-0.2, 0) is 11.5 Å². The van der Waals surface area contributed by atoms with Gasteiger partial charge >= 0.3 is 6.18 Å². The Morgan fingerprint density at radius 1 is 1.50 bits per heavy atom. The maximum atomic E-state index is 11.8. The average Bonchev–Trinajstić information content (AvgIpc) is 2.63. The van der Waals surface area contributed by atoms with Crippen molar-refractivity contribution in [1.82, 2.24) is 4.57 Å². The van der Waals surface area contributed by atoms with Gasteiger partial charge in [-0.3, -0.25) is 0 Å². The van der Waals surface area contributed by atoms with Gasteiger partial charge in [-0.15, -0.1) is 0 Å². The Labute approximate surface area is 91.4 Å². The lowest BCUT2D eigenvalue weighted by Gasteiger charge is -2.08. The van der Waals surface area contributed by atoms with E-state index in [0.717, 1.165) is 0 Å². The molecule has 0 fully saturated rings. The van der Waals surface area contributed by atoms with E-state index in [9.17, 15) is 18.3 Å². The van der Waals surface area contributed by atoms with Crippen molar-refractivity contribution in [3.05, 3.63) is 24.0 Å². The van der Waals surface area contributed by atoms with Gasteiger partial charge in [-0.2, -0.15) is 13.2 Å². The van der Waals surface area contributed by atoms with Crippen LogP contribution in [0.1, 0.15) is 25.0 Å². The molecule has 0 aliphatic heterocycles. The molecule has 16 heavy (non-hydrogen) atoms. The predicted molar refractivity (Wildman–Crippen MR) is 51.7 cm³/mol. The molecule has 1 aromatic heterocycles. The fraction of sp³-hybridized carbons (Fsp3) is 0.600. The maximum Gasteiger partial charge on any atom is 0.411 e. The van der Waals surface area contributed by atoms with Gasteiger partial charge in [-0.1, -0.05) is 6.92 Å². The van der Waals surface area contributed by atoms with Gasteiger partial charge in [0.25, 0.3) is 0 Å². The standard InChI is InChI=1S/C10H14F3NO2/c1-2-9(15)8-3-4-14(5-8)7-16-6-10(11,12)13/h3-5,9,15H,2,6-7H2,1H3. The summed E-state index contributed by atoms with van der Waals surface area (Å²) in [5.74, 6) is 0. The summed E-state index contributed by atoms with van der Waals surface area (Å²) in [4.78, 5) is 0. The van der Waals surface area contributed by atoms with Gasteiger partial charge < -0.3 is 14.4 Å². The molecule has 1 heterocycles. The molecule has 6 heteroatoms. The van der Waals surface area contributed by atoms with Crippen LogP contribution in [-0.4, -0.2) is 22.5 Å². The number of nitrogens with zero attached hydrogens (tertiary/aromatic N) is 1. The van der Waals surface area contributed by atoms with Crippen molar-refractivity contribution in [2.45, 2.75) is 32.4 Å². The Hall–Kier alpha value is -1.01. The zero-order chi connectivity index (χ0) is 12.2. The third-order valence-corrected chi connectivity index (χ3v) is 2.05. The lowest BCUT2D eigenvalue weighted by Crippen LogP contribution is -2.18. The first kappa shape index (κ1) is 13.1. The Morgan fingerprint density at radius 2 is 2.19 bits per heavy atom. The zero-order valence-electron chi connectivity index (χ0n) is 8.87. The summed E-state index contributed by atoms with van der Waals surface area (Å²) in [5, 5.41) is 9.46. The summed E-state index contributed by atoms with van der Waals surface area (Å²) >= 11 is 0. The number of rotatable bonds is 5. The molecule has 0 aliphatic carbocycles. The molecule has 0 amide bonds. The van der Waals surface area contributed by atoms with E-state index < -0.39 is 18.9 Å². The quantitative estimate of drug-likeness (QED) is 0.853. The topological polar surface area (TPSA) is 34.4 Å². The Kier molecular flexibility index (Phi) is 4.37. The second-order valence-electron chi connectivity index (χ2n) is 3.48. The molecule has 0 spiro atoms. The number of ether oxygens (including phenoxy) is 1. The maximum absolute atomic E-state index is 11.8. The molecule has 1 rings (SSSR count). The normalized spacial score (nSPS) is 14.1. The number of aliphatic hydroxyl groups is 1. The molecule has 1 unspecified atom stereocenters. The molecular formula is C10H14F3NO2. The first-order valence-corrected chi connectivity index (χ1v) is 4.90. The number of alkyl halides is 3. The molecule has 0 radical (unpaired) electrons. The van der Waals surface area contributed by atoms with Gasteiger partial charge in [0.1, 0.15) is 13.3 Å². The summed E-state index contributed by atoms with van der Waals surface area (Å²) in [7, 11) is 0. The third-order valence-electron chi connectivity index (χ3n) is 2.05. The second kappa shape index (κ2) is 5.36. The van der Waals surface area contributed by atoms with Crippen LogP contribution < -0.4 is 0 Å². The molecule has 1 atom stereocenters. The molecule has 0 saturated carbocycles. The minimum atomic E-state index is -4.31. The molecular weight excluding hydrogens is 223 g/mol. The fourth-order valence-electron chi connectivity index (χ4n) is 1.24. The molecule has 1 aromatic rings. The van der Waals surface area contributed by atoms with Crippen molar-refractivity contribution in [2.75, 3.05) is 6.61 Å². The van der Waals surface area contributed by atoms with Gasteiger partial charge in [0, 0.05) is 12.4 Å². The first-order valence-electron chi connectivity index (χ1n) is 4.90. The van der Waals surface area contributed by atoms with Crippen LogP contribution in [0.4, 0.5) is 13.2 Å². The summed E-state index contributed by atoms with van der Waals surface area (Å²) in [6.45, 7) is 0.384. The van der Waals surface area contributed by atoms with E-state index in [-0.39, 0.29) is 6.73 Å². The Bertz CT molecular complexity index is 322. The van der Waals surface area contributed by atoms with Crippen LogP contribution in [0.15, 0.2) is 18.5 Å². The number of halogens is 3. The van der Waals surface area contributed by atoms with Gasteiger partial charge in [-0.25, -0.2) is 0 Å². The minimum absolute atomic E-state index is 0.171. The van der Waals surface area contributed by atoms with Crippen molar-refractivity contribution in [2.24, 2.45) is 0 Å². The average molecular weight is 237 g/mol. The van der Waals surface area contributed by atoms with Crippen LogP contribution in [0.25, 0.3) is 0 Å². The van der Waals surface area contributed by atoms with E-state index in [2.05, 4.69) is 4.74 Å². The van der Waals surface area contributed by atoms with Crippen LogP contribution in [0, 0.1) is 0 Å². The van der Waals surface area contributed by atoms with Crippen LogP contribution >= 0.6 is 0 Å². The van der Waals surface area contributed by atoms with Gasteiger partial charge in [0.05, 0.1) is 6.10 Å². The van der Waals surface area contributed by atoms with Crippen molar-refractivity contribution in [3.63, 3.8) is 0 Å². The van der Waals surface area contributed by atoms with E-state index in [4.69, 9.17) is 0 Å². The van der Waals surface area contributed by atoms with E-state index in [1.165, 1.54) is 4.57 Å². The lowest BCUT2D eigenvalue weighted by atomic mass is 10.1. The highest BCUT2D eigenvalue weighted by Gasteiger charge is 2.27. The Balaban J connectivity index is 2.41. The number of hydrogen-bond donors (Lipinski definition) is 1. The van der Waals surface area contributed by atoms with Crippen LogP contribution in [0.3, 0.4) is 0 Å². The lowest BCUT2D eigenvalue weighted by molar-refractivity contribution is -0.181. The molecule has 0 aliphatic rings. The van der Waals surface area contributed by atoms with Gasteiger partial charge in [-0.05, 0) is 18.1 Å². The number of aliphatic hydroxyl groups excluding tert-OH is 1. The van der Waals surface area contributed by atoms with Crippen molar-refractivity contribution >= 4 is 0 Å². The van der Waals surface area contributed by atoms with Crippen molar-refractivity contribution in [1.29, 1.82) is 0 Å². The Morgan fingerprint density at radius 3 is 2.75 bits per heavy atom. The molecule has 1 N–H and O–H groups in total. The van der Waals surface area contributed by atoms with E-state index in [0.29, 0.717) is 12.0 Å². The SMILES string of the molecule is CCC(O)c1ccn(COCC(F)(F)F)c1. The molecule has 0 saturated heterocycles. The van der Waals surface area contributed by atoms with Crippen LogP contribution in [0.5, 0.6) is 0 Å². The smallest absolute Gasteiger partial charge is 0.388 e. The molecule has 3 nitrogen and oxygen atoms in total. The van der Waals surface area contributed by atoms with Crippen molar-refractivity contribution < 1.29 is 23.0 Å². The van der Waals surface area contributed by atoms with E-state index in [1.54, 1.807) is 18.5 Å². The molecule has 0 bridgehead atoms. The highest BCUT2D eigenvalue weighted by Crippen LogP contribution is 2.17. The predicted octanol–water partition coefficient (Wildman–Crippen LogP) is 2.47.